The van der Waals surface area contributed by atoms with Gasteiger partial charge < -0.3 is 16.3 Å². The van der Waals surface area contributed by atoms with Gasteiger partial charge in [-0.3, -0.25) is 9.78 Å². The molecule has 1 aromatic heterocycles. The van der Waals surface area contributed by atoms with Gasteiger partial charge in [0.15, 0.2) is 5.84 Å². The largest absolute Gasteiger partial charge is 0.409 e. The number of oxime groups is 1. The molecule has 0 spiro atoms. The van der Waals surface area contributed by atoms with Gasteiger partial charge in [-0.1, -0.05) is 16.8 Å². The number of hydrogen-bond acceptors (Lipinski definition) is 4. The lowest BCUT2D eigenvalue weighted by Crippen LogP contribution is -2.17. The number of nitrogens with zero attached hydrogens (tertiary/aromatic N) is 2. The molecule has 0 atom stereocenters. The van der Waals surface area contributed by atoms with E-state index in [9.17, 15) is 4.79 Å². The van der Waals surface area contributed by atoms with E-state index in [1.165, 1.54) is 18.3 Å². The number of amides is 1. The second-order valence-electron chi connectivity index (χ2n) is 4.00. The van der Waals surface area contributed by atoms with Crippen LogP contribution in [0.15, 0.2) is 46.2 Å². The van der Waals surface area contributed by atoms with Crippen molar-refractivity contribution in [1.29, 1.82) is 0 Å². The van der Waals surface area contributed by atoms with Gasteiger partial charge >= 0.3 is 0 Å². The highest BCUT2D eigenvalue weighted by atomic mass is 79.9. The summed E-state index contributed by atoms with van der Waals surface area (Å²) < 4.78 is 0.702. The third-order valence-electron chi connectivity index (χ3n) is 2.58. The number of nitrogens with one attached hydrogen (secondary N) is 1. The molecule has 1 aromatic carbocycles. The second kappa shape index (κ2) is 6.55. The van der Waals surface area contributed by atoms with Crippen LogP contribution >= 0.6 is 27.5 Å². The molecular weight excluding hydrogens is 360 g/mol. The molecule has 108 valence electrons. The van der Waals surface area contributed by atoms with Gasteiger partial charge in [-0.05, 0) is 46.3 Å². The fourth-order valence-electron chi connectivity index (χ4n) is 1.52. The average molecular weight is 370 g/mol. The molecule has 4 N–H and O–H groups in total. The van der Waals surface area contributed by atoms with Crippen LogP contribution in [0.4, 0.5) is 5.69 Å². The Hall–Kier alpha value is -2.12. The molecule has 0 fully saturated rings. The number of carbonyl (C=O) groups is 1. The molecule has 0 saturated heterocycles. The van der Waals surface area contributed by atoms with E-state index in [1.54, 1.807) is 18.2 Å². The minimum atomic E-state index is -0.399. The molecule has 1 heterocycles. The summed E-state index contributed by atoms with van der Waals surface area (Å²) in [6.45, 7) is 0. The molecule has 0 unspecified atom stereocenters. The standard InChI is InChI=1S/C13H10BrClN4O2/c14-9-3-2-8(15)5-11(9)18-13(20)10-4-1-7(6-17-10)12(16)19-21/h1-6,21H,(H2,16,19)(H,18,20). The molecular formula is C13H10BrClN4O2. The van der Waals surface area contributed by atoms with E-state index in [-0.39, 0.29) is 11.5 Å². The van der Waals surface area contributed by atoms with Crippen LogP contribution in [-0.4, -0.2) is 21.9 Å². The predicted molar refractivity (Wildman–Crippen MR) is 83.9 cm³/mol. The number of anilines is 1. The minimum Gasteiger partial charge on any atom is -0.409 e. The summed E-state index contributed by atoms with van der Waals surface area (Å²) in [4.78, 5) is 16.0. The van der Waals surface area contributed by atoms with Crippen molar-refractivity contribution in [3.05, 3.63) is 57.3 Å². The fraction of sp³-hybridized carbons (Fsp3) is 0. The van der Waals surface area contributed by atoms with Crippen molar-refractivity contribution in [2.75, 3.05) is 5.32 Å². The van der Waals surface area contributed by atoms with E-state index in [0.29, 0.717) is 20.7 Å². The minimum absolute atomic E-state index is 0.0768. The van der Waals surface area contributed by atoms with E-state index < -0.39 is 5.91 Å². The first kappa shape index (κ1) is 15.3. The Morgan fingerprint density at radius 3 is 2.76 bits per heavy atom. The molecule has 6 nitrogen and oxygen atoms in total. The number of benzene rings is 1. The molecule has 0 radical (unpaired) electrons. The molecule has 21 heavy (non-hydrogen) atoms. The van der Waals surface area contributed by atoms with Gasteiger partial charge in [0.1, 0.15) is 5.69 Å². The number of hydrogen-bond donors (Lipinski definition) is 3. The number of nitrogens with two attached hydrogens (primary N) is 1. The van der Waals surface area contributed by atoms with Gasteiger partial charge in [-0.2, -0.15) is 0 Å². The third kappa shape index (κ3) is 3.71. The Morgan fingerprint density at radius 1 is 1.38 bits per heavy atom. The topological polar surface area (TPSA) is 101 Å². The maximum Gasteiger partial charge on any atom is 0.274 e. The molecule has 8 heteroatoms. The van der Waals surface area contributed by atoms with Crippen molar-refractivity contribution in [2.24, 2.45) is 10.9 Å². The zero-order chi connectivity index (χ0) is 15.4. The monoisotopic (exact) mass is 368 g/mol. The molecule has 1 amide bonds. The summed E-state index contributed by atoms with van der Waals surface area (Å²) in [5.41, 5.74) is 6.56. The lowest BCUT2D eigenvalue weighted by atomic mass is 10.2. The average Bonchev–Trinajstić information content (AvgIpc) is 2.50. The van der Waals surface area contributed by atoms with E-state index in [1.807, 2.05) is 0 Å². The lowest BCUT2D eigenvalue weighted by molar-refractivity contribution is 0.102. The molecule has 2 aromatic rings. The van der Waals surface area contributed by atoms with Crippen LogP contribution < -0.4 is 11.1 Å². The smallest absolute Gasteiger partial charge is 0.274 e. The summed E-state index contributed by atoms with van der Waals surface area (Å²) in [6, 6.07) is 8.05. The maximum atomic E-state index is 12.1. The van der Waals surface area contributed by atoms with Gasteiger partial charge in [-0.25, -0.2) is 0 Å². The highest BCUT2D eigenvalue weighted by Gasteiger charge is 2.11. The van der Waals surface area contributed by atoms with Crippen molar-refractivity contribution in [3.63, 3.8) is 0 Å². The Balaban J connectivity index is 2.19. The van der Waals surface area contributed by atoms with Crippen LogP contribution in [0.5, 0.6) is 0 Å². The Morgan fingerprint density at radius 2 is 2.14 bits per heavy atom. The third-order valence-corrected chi connectivity index (χ3v) is 3.50. The Bertz CT molecular complexity index is 704. The van der Waals surface area contributed by atoms with Gasteiger partial charge in [0.2, 0.25) is 0 Å². The van der Waals surface area contributed by atoms with E-state index in [0.717, 1.165) is 0 Å². The van der Waals surface area contributed by atoms with Gasteiger partial charge in [-0.15, -0.1) is 0 Å². The predicted octanol–water partition coefficient (Wildman–Crippen LogP) is 2.84. The number of aromatic nitrogens is 1. The molecule has 0 saturated carbocycles. The summed E-state index contributed by atoms with van der Waals surface area (Å²) in [5.74, 6) is -0.476. The van der Waals surface area contributed by atoms with E-state index >= 15 is 0 Å². The van der Waals surface area contributed by atoms with E-state index in [4.69, 9.17) is 22.5 Å². The number of amidine groups is 1. The first-order valence-corrected chi connectivity index (χ1v) is 6.88. The Labute approximate surface area is 133 Å². The summed E-state index contributed by atoms with van der Waals surface area (Å²) in [7, 11) is 0. The van der Waals surface area contributed by atoms with Crippen LogP contribution in [0.1, 0.15) is 16.1 Å². The quantitative estimate of drug-likeness (QED) is 0.335. The first-order chi connectivity index (χ1) is 10.0. The normalized spacial score (nSPS) is 11.2. The highest BCUT2D eigenvalue weighted by molar-refractivity contribution is 9.10. The number of carbonyl (C=O) groups excluding carboxylic acids is 1. The first-order valence-electron chi connectivity index (χ1n) is 5.71. The van der Waals surface area contributed by atoms with Crippen molar-refractivity contribution in [1.82, 2.24) is 4.98 Å². The maximum absolute atomic E-state index is 12.1. The van der Waals surface area contributed by atoms with Crippen molar-refractivity contribution >= 4 is 45.0 Å². The molecule has 2 rings (SSSR count). The van der Waals surface area contributed by atoms with Gasteiger partial charge in [0.25, 0.3) is 5.91 Å². The lowest BCUT2D eigenvalue weighted by Gasteiger charge is -2.07. The van der Waals surface area contributed by atoms with Crippen molar-refractivity contribution in [2.45, 2.75) is 0 Å². The Kier molecular flexibility index (Phi) is 4.77. The molecule has 0 aliphatic carbocycles. The van der Waals surface area contributed by atoms with Gasteiger partial charge in [0, 0.05) is 21.3 Å². The zero-order valence-electron chi connectivity index (χ0n) is 10.5. The van der Waals surface area contributed by atoms with E-state index in [2.05, 4.69) is 31.4 Å². The van der Waals surface area contributed by atoms with Crippen LogP contribution in [0, 0.1) is 0 Å². The van der Waals surface area contributed by atoms with Crippen LogP contribution in [0.2, 0.25) is 5.02 Å². The van der Waals surface area contributed by atoms with Crippen LogP contribution in [-0.2, 0) is 0 Å². The number of rotatable bonds is 3. The summed E-state index contributed by atoms with van der Waals surface area (Å²) in [5, 5.41) is 14.6. The SMILES string of the molecule is N/C(=N/O)c1ccc(C(=O)Nc2cc(Cl)ccc2Br)nc1. The van der Waals surface area contributed by atoms with Crippen LogP contribution in [0.3, 0.4) is 0 Å². The van der Waals surface area contributed by atoms with Gasteiger partial charge in [0.05, 0.1) is 5.69 Å². The molecule has 0 aliphatic heterocycles. The number of pyridine rings is 1. The zero-order valence-corrected chi connectivity index (χ0v) is 12.9. The summed E-state index contributed by atoms with van der Waals surface area (Å²) >= 11 is 9.20. The fourth-order valence-corrected chi connectivity index (χ4v) is 2.03. The van der Waals surface area contributed by atoms with Crippen LogP contribution in [0.25, 0.3) is 0 Å². The van der Waals surface area contributed by atoms with Crippen molar-refractivity contribution < 1.29 is 10.0 Å². The molecule has 0 aliphatic rings. The molecule has 0 bridgehead atoms. The highest BCUT2D eigenvalue weighted by Crippen LogP contribution is 2.26. The number of halogens is 2. The summed E-state index contributed by atoms with van der Waals surface area (Å²) in [6.07, 6.45) is 1.34. The second-order valence-corrected chi connectivity index (χ2v) is 5.29. The van der Waals surface area contributed by atoms with Crippen molar-refractivity contribution in [3.8, 4) is 0 Å².